The molecular formula is C9H11ClFN. The summed E-state index contributed by atoms with van der Waals surface area (Å²) in [6.07, 6.45) is 0. The lowest BCUT2D eigenvalue weighted by Crippen LogP contribution is -2.14. The van der Waals surface area contributed by atoms with E-state index in [1.807, 2.05) is 6.92 Å². The highest BCUT2D eigenvalue weighted by Crippen LogP contribution is 2.24. The van der Waals surface area contributed by atoms with Crippen LogP contribution in [0.15, 0.2) is 18.2 Å². The molecule has 3 heteroatoms. The topological polar surface area (TPSA) is 12.0 Å². The van der Waals surface area contributed by atoms with Crippen LogP contribution in [0.2, 0.25) is 5.02 Å². The zero-order valence-electron chi connectivity index (χ0n) is 7.07. The van der Waals surface area contributed by atoms with Crippen molar-refractivity contribution in [1.29, 1.82) is 0 Å². The van der Waals surface area contributed by atoms with Crippen LogP contribution in [-0.2, 0) is 0 Å². The van der Waals surface area contributed by atoms with Crippen molar-refractivity contribution in [1.82, 2.24) is 5.32 Å². The number of hydrogen-bond donors (Lipinski definition) is 1. The van der Waals surface area contributed by atoms with Gasteiger partial charge in [0.2, 0.25) is 0 Å². The minimum atomic E-state index is -0.260. The molecule has 0 aromatic heterocycles. The third-order valence-electron chi connectivity index (χ3n) is 1.87. The van der Waals surface area contributed by atoms with Crippen molar-refractivity contribution < 1.29 is 4.39 Å². The van der Waals surface area contributed by atoms with Gasteiger partial charge in [0.15, 0.2) is 0 Å². The lowest BCUT2D eigenvalue weighted by molar-refractivity contribution is 0.562. The fourth-order valence-electron chi connectivity index (χ4n) is 1.07. The zero-order chi connectivity index (χ0) is 9.14. The Hall–Kier alpha value is -0.600. The maximum Gasteiger partial charge on any atom is 0.129 e. The van der Waals surface area contributed by atoms with Crippen LogP contribution < -0.4 is 5.32 Å². The maximum atomic E-state index is 13.2. The van der Waals surface area contributed by atoms with E-state index < -0.39 is 0 Å². The van der Waals surface area contributed by atoms with Crippen molar-refractivity contribution in [3.8, 4) is 0 Å². The highest BCUT2D eigenvalue weighted by atomic mass is 35.5. The summed E-state index contributed by atoms with van der Waals surface area (Å²) >= 11 is 5.82. The standard InChI is InChI=1S/C9H11ClFN/c1-6(12-2)9-7(10)4-3-5-8(9)11/h3-6,12H,1-2H3. The second-order valence-corrected chi connectivity index (χ2v) is 3.05. The first-order chi connectivity index (χ1) is 5.66. The van der Waals surface area contributed by atoms with Crippen molar-refractivity contribution in [2.45, 2.75) is 13.0 Å². The van der Waals surface area contributed by atoms with Gasteiger partial charge in [-0.1, -0.05) is 17.7 Å². The first kappa shape index (κ1) is 9.49. The second kappa shape index (κ2) is 3.87. The average molecular weight is 188 g/mol. The molecule has 0 saturated carbocycles. The average Bonchev–Trinajstić information content (AvgIpc) is 2.03. The SMILES string of the molecule is CNC(C)c1c(F)cccc1Cl. The minimum absolute atomic E-state index is 0.0568. The quantitative estimate of drug-likeness (QED) is 0.751. The van der Waals surface area contributed by atoms with E-state index in [4.69, 9.17) is 11.6 Å². The van der Waals surface area contributed by atoms with E-state index in [1.165, 1.54) is 6.07 Å². The highest BCUT2D eigenvalue weighted by molar-refractivity contribution is 6.31. The molecule has 1 nitrogen and oxygen atoms in total. The summed E-state index contributed by atoms with van der Waals surface area (Å²) in [4.78, 5) is 0. The molecule has 1 N–H and O–H groups in total. The van der Waals surface area contributed by atoms with Crippen LogP contribution in [0.1, 0.15) is 18.5 Å². The number of halogens is 2. The van der Waals surface area contributed by atoms with Gasteiger partial charge in [-0.25, -0.2) is 4.39 Å². The molecule has 0 amide bonds. The summed E-state index contributed by atoms with van der Waals surface area (Å²) in [6.45, 7) is 1.87. The van der Waals surface area contributed by atoms with E-state index in [0.29, 0.717) is 10.6 Å². The summed E-state index contributed by atoms with van der Waals surface area (Å²) in [5.74, 6) is -0.260. The molecule has 1 aromatic carbocycles. The molecule has 0 aliphatic rings. The lowest BCUT2D eigenvalue weighted by Gasteiger charge is -2.12. The van der Waals surface area contributed by atoms with E-state index in [2.05, 4.69) is 5.32 Å². The Labute approximate surface area is 76.5 Å². The molecular weight excluding hydrogens is 177 g/mol. The zero-order valence-corrected chi connectivity index (χ0v) is 7.82. The van der Waals surface area contributed by atoms with E-state index in [1.54, 1.807) is 19.2 Å². The van der Waals surface area contributed by atoms with E-state index >= 15 is 0 Å². The highest BCUT2D eigenvalue weighted by Gasteiger charge is 2.11. The molecule has 0 bridgehead atoms. The summed E-state index contributed by atoms with van der Waals surface area (Å²) in [5.41, 5.74) is 0.529. The molecule has 1 rings (SSSR count). The number of benzene rings is 1. The minimum Gasteiger partial charge on any atom is -0.313 e. The van der Waals surface area contributed by atoms with Gasteiger partial charge in [-0.2, -0.15) is 0 Å². The Morgan fingerprint density at radius 1 is 1.50 bits per heavy atom. The van der Waals surface area contributed by atoms with Crippen LogP contribution in [0.3, 0.4) is 0 Å². The monoisotopic (exact) mass is 187 g/mol. The Bertz CT molecular complexity index is 255. The number of hydrogen-bond acceptors (Lipinski definition) is 1. The molecule has 1 atom stereocenters. The van der Waals surface area contributed by atoms with Gasteiger partial charge in [0, 0.05) is 16.6 Å². The molecule has 12 heavy (non-hydrogen) atoms. The van der Waals surface area contributed by atoms with Gasteiger partial charge in [-0.3, -0.25) is 0 Å². The van der Waals surface area contributed by atoms with Crippen LogP contribution in [0.5, 0.6) is 0 Å². The van der Waals surface area contributed by atoms with Crippen molar-refractivity contribution in [2.24, 2.45) is 0 Å². The van der Waals surface area contributed by atoms with Crippen LogP contribution in [0.25, 0.3) is 0 Å². The molecule has 1 aromatic rings. The lowest BCUT2D eigenvalue weighted by atomic mass is 10.1. The van der Waals surface area contributed by atoms with Gasteiger partial charge in [-0.15, -0.1) is 0 Å². The second-order valence-electron chi connectivity index (χ2n) is 2.65. The first-order valence-electron chi connectivity index (χ1n) is 3.78. The van der Waals surface area contributed by atoms with Gasteiger partial charge in [-0.05, 0) is 26.1 Å². The van der Waals surface area contributed by atoms with Crippen LogP contribution in [0.4, 0.5) is 4.39 Å². The van der Waals surface area contributed by atoms with Crippen molar-refractivity contribution in [2.75, 3.05) is 7.05 Å². The summed E-state index contributed by atoms with van der Waals surface area (Å²) in [6, 6.07) is 4.64. The van der Waals surface area contributed by atoms with E-state index in [9.17, 15) is 4.39 Å². The maximum absolute atomic E-state index is 13.2. The Morgan fingerprint density at radius 2 is 2.17 bits per heavy atom. The first-order valence-corrected chi connectivity index (χ1v) is 4.15. The van der Waals surface area contributed by atoms with E-state index in [-0.39, 0.29) is 11.9 Å². The van der Waals surface area contributed by atoms with Crippen molar-refractivity contribution in [3.05, 3.63) is 34.6 Å². The Kier molecular flexibility index (Phi) is 3.06. The fraction of sp³-hybridized carbons (Fsp3) is 0.333. The largest absolute Gasteiger partial charge is 0.313 e. The van der Waals surface area contributed by atoms with Gasteiger partial charge in [0.05, 0.1) is 0 Å². The van der Waals surface area contributed by atoms with Crippen LogP contribution in [0, 0.1) is 5.82 Å². The third-order valence-corrected chi connectivity index (χ3v) is 2.20. The Morgan fingerprint density at radius 3 is 2.67 bits per heavy atom. The normalized spacial score (nSPS) is 13.0. The molecule has 66 valence electrons. The predicted molar refractivity (Wildman–Crippen MR) is 48.9 cm³/mol. The number of nitrogens with one attached hydrogen (secondary N) is 1. The van der Waals surface area contributed by atoms with E-state index in [0.717, 1.165) is 0 Å². The van der Waals surface area contributed by atoms with Crippen LogP contribution >= 0.6 is 11.6 Å². The fourth-order valence-corrected chi connectivity index (χ4v) is 1.40. The van der Waals surface area contributed by atoms with Gasteiger partial charge in [0.1, 0.15) is 5.82 Å². The van der Waals surface area contributed by atoms with Crippen molar-refractivity contribution in [3.63, 3.8) is 0 Å². The van der Waals surface area contributed by atoms with Crippen molar-refractivity contribution >= 4 is 11.6 Å². The molecule has 0 saturated heterocycles. The molecule has 0 heterocycles. The molecule has 1 unspecified atom stereocenters. The van der Waals surface area contributed by atoms with Gasteiger partial charge in [0.25, 0.3) is 0 Å². The summed E-state index contributed by atoms with van der Waals surface area (Å²) in [5, 5.41) is 3.41. The Balaban J connectivity index is 3.12. The molecule has 0 radical (unpaired) electrons. The molecule has 0 spiro atoms. The summed E-state index contributed by atoms with van der Waals surface area (Å²) < 4.78 is 13.2. The predicted octanol–water partition coefficient (Wildman–Crippen LogP) is 2.76. The van der Waals surface area contributed by atoms with Crippen LogP contribution in [-0.4, -0.2) is 7.05 Å². The smallest absolute Gasteiger partial charge is 0.129 e. The molecule has 0 aliphatic carbocycles. The van der Waals surface area contributed by atoms with Gasteiger partial charge >= 0.3 is 0 Å². The summed E-state index contributed by atoms with van der Waals surface area (Å²) in [7, 11) is 1.77. The third kappa shape index (κ3) is 1.76. The molecule has 0 aliphatic heterocycles. The van der Waals surface area contributed by atoms with Gasteiger partial charge < -0.3 is 5.32 Å². The number of rotatable bonds is 2. The molecule has 0 fully saturated rings.